The van der Waals surface area contributed by atoms with Crippen LogP contribution in [0.4, 0.5) is 0 Å². The van der Waals surface area contributed by atoms with Gasteiger partial charge in [-0.25, -0.2) is 4.68 Å². The first kappa shape index (κ1) is 22.9. The third kappa shape index (κ3) is 8.39. The molecule has 0 spiro atoms. The number of guanidine groups is 1. The van der Waals surface area contributed by atoms with E-state index in [1.807, 2.05) is 29.1 Å². The molecule has 27 heavy (non-hydrogen) atoms. The van der Waals surface area contributed by atoms with E-state index in [-0.39, 0.29) is 36.4 Å². The fourth-order valence-corrected chi connectivity index (χ4v) is 2.30. The molecule has 8 nitrogen and oxygen atoms in total. The number of nitrogens with one attached hydrogen (secondary N) is 3. The van der Waals surface area contributed by atoms with E-state index in [0.717, 1.165) is 12.1 Å². The summed E-state index contributed by atoms with van der Waals surface area (Å²) in [6, 6.07) is 10.1. The van der Waals surface area contributed by atoms with Gasteiger partial charge in [-0.2, -0.15) is 5.10 Å². The molecule has 3 N–H and O–H groups in total. The largest absolute Gasteiger partial charge is 0.383 e. The minimum atomic E-state index is -0.0980. The molecule has 0 aliphatic heterocycles. The van der Waals surface area contributed by atoms with E-state index in [1.165, 1.54) is 5.56 Å². The highest BCUT2D eigenvalue weighted by Crippen LogP contribution is 2.08. The Morgan fingerprint density at radius 2 is 1.96 bits per heavy atom. The Labute approximate surface area is 176 Å². The van der Waals surface area contributed by atoms with Crippen molar-refractivity contribution in [1.82, 2.24) is 25.7 Å². The Balaban J connectivity index is 0.00000364. The molecule has 1 amide bonds. The fraction of sp³-hybridized carbons (Fsp3) is 0.389. The molecule has 0 radical (unpaired) electrons. The molecular formula is C18H27IN6O2. The maximum absolute atomic E-state index is 11.6. The van der Waals surface area contributed by atoms with Crippen LogP contribution in [0.2, 0.25) is 0 Å². The standard InChI is InChI=1S/C18H26N6O2.HI/c1-19-18(22-14-17(25)20-11-13-26-2)21-10-8-15-4-6-16(7-5-15)24-12-3-9-23-24;/h3-7,9,12H,8,10-11,13-14H2,1-2H3,(H,20,25)(H2,19,21,22);1H. The Hall–Kier alpha value is -2.14. The predicted octanol–water partition coefficient (Wildman–Crippen LogP) is 0.960. The second-order valence-electron chi connectivity index (χ2n) is 5.56. The number of hydrogen-bond donors (Lipinski definition) is 3. The van der Waals surface area contributed by atoms with Crippen LogP contribution in [-0.4, -0.2) is 62.0 Å². The Morgan fingerprint density at radius 1 is 1.19 bits per heavy atom. The second kappa shape index (κ2) is 13.1. The number of benzene rings is 1. The summed E-state index contributed by atoms with van der Waals surface area (Å²) in [6.07, 6.45) is 4.52. The molecule has 0 saturated carbocycles. The van der Waals surface area contributed by atoms with E-state index in [0.29, 0.717) is 25.7 Å². The molecule has 0 fully saturated rings. The van der Waals surface area contributed by atoms with Crippen LogP contribution in [-0.2, 0) is 16.0 Å². The lowest BCUT2D eigenvalue weighted by atomic mass is 10.1. The highest BCUT2D eigenvalue weighted by molar-refractivity contribution is 14.0. The van der Waals surface area contributed by atoms with Crippen LogP contribution < -0.4 is 16.0 Å². The Kier molecular flexibility index (Phi) is 11.1. The molecule has 0 bridgehead atoms. The lowest BCUT2D eigenvalue weighted by molar-refractivity contribution is -0.120. The van der Waals surface area contributed by atoms with Gasteiger partial charge in [-0.15, -0.1) is 24.0 Å². The number of rotatable bonds is 9. The van der Waals surface area contributed by atoms with Crippen LogP contribution in [0.1, 0.15) is 5.56 Å². The van der Waals surface area contributed by atoms with Crippen LogP contribution in [0.15, 0.2) is 47.7 Å². The van der Waals surface area contributed by atoms with E-state index in [2.05, 4.69) is 38.2 Å². The van der Waals surface area contributed by atoms with Gasteiger partial charge < -0.3 is 20.7 Å². The van der Waals surface area contributed by atoms with E-state index < -0.39 is 0 Å². The van der Waals surface area contributed by atoms with Gasteiger partial charge in [-0.05, 0) is 30.2 Å². The summed E-state index contributed by atoms with van der Waals surface area (Å²) in [5.74, 6) is 0.499. The average molecular weight is 486 g/mol. The Morgan fingerprint density at radius 3 is 2.59 bits per heavy atom. The van der Waals surface area contributed by atoms with Crippen LogP contribution in [0.25, 0.3) is 5.69 Å². The number of nitrogens with zero attached hydrogens (tertiary/aromatic N) is 3. The van der Waals surface area contributed by atoms with Crippen molar-refractivity contribution in [2.75, 3.05) is 40.4 Å². The van der Waals surface area contributed by atoms with Crippen LogP contribution in [0.3, 0.4) is 0 Å². The van der Waals surface area contributed by atoms with Gasteiger partial charge in [0, 0.05) is 39.6 Å². The first-order valence-electron chi connectivity index (χ1n) is 8.52. The van der Waals surface area contributed by atoms with Crippen LogP contribution in [0.5, 0.6) is 0 Å². The number of hydrogen-bond acceptors (Lipinski definition) is 4. The van der Waals surface area contributed by atoms with Gasteiger partial charge in [0.25, 0.3) is 0 Å². The summed E-state index contributed by atoms with van der Waals surface area (Å²) < 4.78 is 6.71. The summed E-state index contributed by atoms with van der Waals surface area (Å²) in [4.78, 5) is 15.8. The molecule has 2 aromatic rings. The summed E-state index contributed by atoms with van der Waals surface area (Å²) in [6.45, 7) is 1.88. The lowest BCUT2D eigenvalue weighted by Gasteiger charge is -2.12. The first-order valence-corrected chi connectivity index (χ1v) is 8.52. The van der Waals surface area contributed by atoms with Crippen molar-refractivity contribution in [1.29, 1.82) is 0 Å². The van der Waals surface area contributed by atoms with Crippen molar-refractivity contribution in [3.05, 3.63) is 48.3 Å². The molecule has 1 aromatic heterocycles. The molecule has 0 aliphatic carbocycles. The molecular weight excluding hydrogens is 459 g/mol. The highest BCUT2D eigenvalue weighted by Gasteiger charge is 2.03. The zero-order valence-corrected chi connectivity index (χ0v) is 18.0. The van der Waals surface area contributed by atoms with Gasteiger partial charge in [-0.3, -0.25) is 9.79 Å². The van der Waals surface area contributed by atoms with E-state index in [1.54, 1.807) is 20.4 Å². The minimum Gasteiger partial charge on any atom is -0.383 e. The minimum absolute atomic E-state index is 0. The number of aromatic nitrogens is 2. The summed E-state index contributed by atoms with van der Waals surface area (Å²) in [5, 5.41) is 13.1. The molecule has 1 heterocycles. The highest BCUT2D eigenvalue weighted by atomic mass is 127. The maximum Gasteiger partial charge on any atom is 0.239 e. The smallest absolute Gasteiger partial charge is 0.239 e. The number of halogens is 1. The van der Waals surface area contributed by atoms with Crippen LogP contribution in [0, 0.1) is 0 Å². The van der Waals surface area contributed by atoms with Crippen LogP contribution >= 0.6 is 24.0 Å². The molecule has 2 rings (SSSR count). The monoisotopic (exact) mass is 486 g/mol. The number of amides is 1. The summed E-state index contributed by atoms with van der Waals surface area (Å²) in [5.41, 5.74) is 2.24. The normalized spacial score (nSPS) is 10.8. The Bertz CT molecular complexity index is 688. The van der Waals surface area contributed by atoms with Gasteiger partial charge in [0.1, 0.15) is 0 Å². The van der Waals surface area contributed by atoms with Crippen molar-refractivity contribution < 1.29 is 9.53 Å². The molecule has 9 heteroatoms. The van der Waals surface area contributed by atoms with E-state index >= 15 is 0 Å². The topological polar surface area (TPSA) is 92.6 Å². The van der Waals surface area contributed by atoms with Crippen molar-refractivity contribution in [3.8, 4) is 5.69 Å². The number of ether oxygens (including phenoxy) is 1. The van der Waals surface area contributed by atoms with Crippen molar-refractivity contribution in [2.24, 2.45) is 4.99 Å². The number of carbonyl (C=O) groups is 1. The molecule has 0 atom stereocenters. The zero-order valence-electron chi connectivity index (χ0n) is 15.6. The third-order valence-electron chi connectivity index (χ3n) is 3.68. The number of carbonyl (C=O) groups excluding carboxylic acids is 1. The first-order chi connectivity index (χ1) is 12.7. The third-order valence-corrected chi connectivity index (χ3v) is 3.68. The van der Waals surface area contributed by atoms with E-state index in [4.69, 9.17) is 4.74 Å². The van der Waals surface area contributed by atoms with Gasteiger partial charge in [-0.1, -0.05) is 12.1 Å². The molecule has 0 aliphatic rings. The second-order valence-corrected chi connectivity index (χ2v) is 5.56. The van der Waals surface area contributed by atoms with Crippen molar-refractivity contribution >= 4 is 35.8 Å². The fourth-order valence-electron chi connectivity index (χ4n) is 2.30. The summed E-state index contributed by atoms with van der Waals surface area (Å²) >= 11 is 0. The van der Waals surface area contributed by atoms with E-state index in [9.17, 15) is 4.79 Å². The number of aliphatic imine (C=N–C) groups is 1. The lowest BCUT2D eigenvalue weighted by Crippen LogP contribution is -2.44. The molecule has 0 saturated heterocycles. The molecule has 1 aromatic carbocycles. The predicted molar refractivity (Wildman–Crippen MR) is 117 cm³/mol. The van der Waals surface area contributed by atoms with Gasteiger partial charge >= 0.3 is 0 Å². The van der Waals surface area contributed by atoms with Gasteiger partial charge in [0.05, 0.1) is 18.8 Å². The number of methoxy groups -OCH3 is 1. The maximum atomic E-state index is 11.6. The quantitative estimate of drug-likeness (QED) is 0.213. The van der Waals surface area contributed by atoms with Gasteiger partial charge in [0.15, 0.2) is 5.96 Å². The van der Waals surface area contributed by atoms with Gasteiger partial charge in [0.2, 0.25) is 5.91 Å². The summed E-state index contributed by atoms with van der Waals surface area (Å²) in [7, 11) is 3.28. The zero-order chi connectivity index (χ0) is 18.6. The molecule has 148 valence electrons. The average Bonchev–Trinajstić information content (AvgIpc) is 3.20. The SMILES string of the molecule is CN=C(NCCc1ccc(-n2cccn2)cc1)NCC(=O)NCCOC.I. The van der Waals surface area contributed by atoms with Crippen molar-refractivity contribution in [2.45, 2.75) is 6.42 Å². The van der Waals surface area contributed by atoms with Crippen molar-refractivity contribution in [3.63, 3.8) is 0 Å². The molecule has 0 unspecified atom stereocenters.